The van der Waals surface area contributed by atoms with Crippen molar-refractivity contribution in [3.05, 3.63) is 48.6 Å². The van der Waals surface area contributed by atoms with Crippen molar-refractivity contribution in [2.24, 2.45) is 0 Å². The lowest BCUT2D eigenvalue weighted by atomic mass is 10.3. The Morgan fingerprint density at radius 3 is 1.89 bits per heavy atom. The van der Waals surface area contributed by atoms with Gasteiger partial charge in [-0.2, -0.15) is 0 Å². The maximum Gasteiger partial charge on any atom is 0.118 e. The number of benzene rings is 1. The van der Waals surface area contributed by atoms with Gasteiger partial charge in [-0.05, 0) is 17.7 Å². The molecule has 0 aliphatic heterocycles. The molecular weight excluding hydrogens is 264 g/mol. The molecule has 0 saturated heterocycles. The van der Waals surface area contributed by atoms with Gasteiger partial charge in [0.05, 0.1) is 22.3 Å². The minimum atomic E-state index is -1.43. The first-order valence-corrected chi connectivity index (χ1v) is 14.0. The Kier molecular flexibility index (Phi) is 3.88. The van der Waals surface area contributed by atoms with Crippen LogP contribution in [-0.2, 0) is 0 Å². The third-order valence-corrected chi connectivity index (χ3v) is 23.6. The first kappa shape index (κ1) is 14.3. The van der Waals surface area contributed by atoms with Gasteiger partial charge in [-0.25, -0.2) is 0 Å². The summed E-state index contributed by atoms with van der Waals surface area (Å²) in [6, 6.07) is 8.77. The highest BCUT2D eigenvalue weighted by Gasteiger charge is 2.46. The summed E-state index contributed by atoms with van der Waals surface area (Å²) in [6.07, 6.45) is 9.20. The van der Waals surface area contributed by atoms with Crippen molar-refractivity contribution in [3.8, 4) is 5.75 Å². The van der Waals surface area contributed by atoms with Crippen molar-refractivity contribution in [2.75, 3.05) is 7.11 Å². The zero-order valence-corrected chi connectivity index (χ0v) is 14.6. The van der Waals surface area contributed by atoms with E-state index in [-0.39, 0.29) is 0 Å². The normalized spacial score (nSPS) is 16.1. The van der Waals surface area contributed by atoms with Gasteiger partial charge in [0.2, 0.25) is 0 Å². The molecule has 1 aromatic carbocycles. The zero-order chi connectivity index (χ0) is 14.1. The van der Waals surface area contributed by atoms with Crippen molar-refractivity contribution in [1.82, 2.24) is 0 Å². The van der Waals surface area contributed by atoms with E-state index in [1.54, 1.807) is 12.3 Å². The van der Waals surface area contributed by atoms with E-state index in [2.05, 4.69) is 74.8 Å². The monoisotopic (exact) mass is 288 g/mol. The first-order chi connectivity index (χ1) is 8.89. The molecule has 0 radical (unpaired) electrons. The standard InChI is InChI=1S/C16H24OSi2/c1-17-14-10-12-16(13-11-14)19(4,5)18(2,3)15-8-6-7-9-15/h6-13,15H,1-5H3. The third kappa shape index (κ3) is 2.49. The highest BCUT2D eigenvalue weighted by atomic mass is 29.3. The SMILES string of the molecule is COc1ccc([Si](C)(C)[Si](C)(C)C2C=CC=C2)cc1. The molecule has 1 nitrogen and oxygen atoms in total. The highest BCUT2D eigenvalue weighted by Crippen LogP contribution is 2.35. The summed E-state index contributed by atoms with van der Waals surface area (Å²) in [5.74, 6) is 0.952. The third-order valence-electron chi connectivity index (χ3n) is 5.00. The molecule has 0 saturated carbocycles. The summed E-state index contributed by atoms with van der Waals surface area (Å²) in [5, 5.41) is 1.55. The lowest BCUT2D eigenvalue weighted by Gasteiger charge is -2.42. The second-order valence-corrected chi connectivity index (χ2v) is 21.9. The smallest absolute Gasteiger partial charge is 0.118 e. The molecule has 3 heteroatoms. The second kappa shape index (κ2) is 5.14. The van der Waals surface area contributed by atoms with Crippen molar-refractivity contribution in [2.45, 2.75) is 31.7 Å². The fourth-order valence-corrected chi connectivity index (χ4v) is 12.3. The van der Waals surface area contributed by atoms with E-state index in [9.17, 15) is 0 Å². The summed E-state index contributed by atoms with van der Waals surface area (Å²) in [7, 11) is -1.04. The average Bonchev–Trinajstić information content (AvgIpc) is 2.93. The topological polar surface area (TPSA) is 9.23 Å². The Balaban J connectivity index is 2.34. The fourth-order valence-electron chi connectivity index (χ4n) is 2.71. The van der Waals surface area contributed by atoms with Gasteiger partial charge < -0.3 is 4.74 Å². The van der Waals surface area contributed by atoms with E-state index in [0.29, 0.717) is 5.54 Å². The molecule has 1 aliphatic carbocycles. The summed E-state index contributed by atoms with van der Waals surface area (Å²) >= 11 is 0. The van der Waals surface area contributed by atoms with Gasteiger partial charge in [-0.3, -0.25) is 0 Å². The molecule has 0 bridgehead atoms. The molecule has 2 rings (SSSR count). The van der Waals surface area contributed by atoms with E-state index in [1.807, 2.05) is 0 Å². The van der Waals surface area contributed by atoms with Crippen LogP contribution in [0.2, 0.25) is 31.7 Å². The molecule has 0 fully saturated rings. The molecule has 0 unspecified atom stereocenters. The molecule has 0 spiro atoms. The number of ether oxygens (including phenoxy) is 1. The van der Waals surface area contributed by atoms with E-state index < -0.39 is 15.2 Å². The quantitative estimate of drug-likeness (QED) is 0.764. The maximum atomic E-state index is 5.27. The highest BCUT2D eigenvalue weighted by molar-refractivity contribution is 7.46. The zero-order valence-electron chi connectivity index (χ0n) is 12.6. The minimum absolute atomic E-state index is 0.691. The summed E-state index contributed by atoms with van der Waals surface area (Å²) in [5.41, 5.74) is 0.691. The molecule has 0 heterocycles. The van der Waals surface area contributed by atoms with Crippen LogP contribution in [0.25, 0.3) is 0 Å². The number of hydrogen-bond acceptors (Lipinski definition) is 1. The lowest BCUT2D eigenvalue weighted by molar-refractivity contribution is 0.415. The summed E-state index contributed by atoms with van der Waals surface area (Å²) < 4.78 is 5.27. The van der Waals surface area contributed by atoms with Crippen molar-refractivity contribution >= 4 is 20.4 Å². The van der Waals surface area contributed by atoms with Gasteiger partial charge in [0, 0.05) is 0 Å². The van der Waals surface area contributed by atoms with Gasteiger partial charge in [0.25, 0.3) is 0 Å². The van der Waals surface area contributed by atoms with E-state index >= 15 is 0 Å². The first-order valence-electron chi connectivity index (χ1n) is 6.89. The van der Waals surface area contributed by atoms with Crippen LogP contribution in [-0.4, -0.2) is 22.3 Å². The number of hydrogen-bond donors (Lipinski definition) is 0. The molecule has 102 valence electrons. The van der Waals surface area contributed by atoms with Crippen LogP contribution in [0.15, 0.2) is 48.6 Å². The van der Waals surface area contributed by atoms with Crippen LogP contribution >= 0.6 is 0 Å². The number of rotatable bonds is 4. The Morgan fingerprint density at radius 2 is 1.42 bits per heavy atom. The molecule has 1 aromatic rings. The van der Waals surface area contributed by atoms with Gasteiger partial charge in [0.15, 0.2) is 0 Å². The predicted molar refractivity (Wildman–Crippen MR) is 89.6 cm³/mol. The predicted octanol–water partition coefficient (Wildman–Crippen LogP) is 3.89. The molecule has 19 heavy (non-hydrogen) atoms. The Hall–Kier alpha value is -1.07. The largest absolute Gasteiger partial charge is 0.497 e. The summed E-state index contributed by atoms with van der Waals surface area (Å²) in [4.78, 5) is 0. The van der Waals surface area contributed by atoms with Crippen LogP contribution < -0.4 is 9.92 Å². The van der Waals surface area contributed by atoms with E-state index in [1.165, 1.54) is 0 Å². The van der Waals surface area contributed by atoms with Crippen LogP contribution in [0.3, 0.4) is 0 Å². The fraction of sp³-hybridized carbons (Fsp3) is 0.375. The Labute approximate surface area is 118 Å². The minimum Gasteiger partial charge on any atom is -0.497 e. The van der Waals surface area contributed by atoms with Gasteiger partial charge in [0.1, 0.15) is 5.75 Å². The number of allylic oxidation sites excluding steroid dienone is 4. The molecule has 0 atom stereocenters. The number of methoxy groups -OCH3 is 1. The van der Waals surface area contributed by atoms with E-state index in [4.69, 9.17) is 4.74 Å². The maximum absolute atomic E-state index is 5.27. The molecule has 0 aromatic heterocycles. The molecular formula is C16H24OSi2. The van der Waals surface area contributed by atoms with Gasteiger partial charge in [-0.1, -0.05) is 67.8 Å². The van der Waals surface area contributed by atoms with Crippen molar-refractivity contribution in [3.63, 3.8) is 0 Å². The molecule has 0 amide bonds. The summed E-state index contributed by atoms with van der Waals surface area (Å²) in [6.45, 7) is 10.2. The lowest BCUT2D eigenvalue weighted by Crippen LogP contribution is -2.64. The van der Waals surface area contributed by atoms with Crippen molar-refractivity contribution in [1.29, 1.82) is 0 Å². The van der Waals surface area contributed by atoms with Gasteiger partial charge in [-0.15, -0.1) is 0 Å². The molecule has 0 N–H and O–H groups in total. The Morgan fingerprint density at radius 1 is 0.895 bits per heavy atom. The molecule has 1 aliphatic rings. The van der Waals surface area contributed by atoms with E-state index in [0.717, 1.165) is 5.75 Å². The van der Waals surface area contributed by atoms with Crippen LogP contribution in [0.4, 0.5) is 0 Å². The average molecular weight is 289 g/mol. The van der Waals surface area contributed by atoms with Crippen LogP contribution in [0, 0.1) is 0 Å². The van der Waals surface area contributed by atoms with Gasteiger partial charge >= 0.3 is 0 Å². The van der Waals surface area contributed by atoms with Crippen LogP contribution in [0.5, 0.6) is 5.75 Å². The Bertz CT molecular complexity index is 486. The van der Waals surface area contributed by atoms with Crippen LogP contribution in [0.1, 0.15) is 0 Å². The van der Waals surface area contributed by atoms with Crippen molar-refractivity contribution < 1.29 is 4.74 Å². The second-order valence-electron chi connectivity index (χ2n) is 6.37.